The molecular weight excluding hydrogens is 384 g/mol. The van der Waals surface area contributed by atoms with Crippen molar-refractivity contribution in [1.29, 1.82) is 0 Å². The van der Waals surface area contributed by atoms with Crippen LogP contribution in [0.5, 0.6) is 5.75 Å². The Morgan fingerprint density at radius 3 is 2.63 bits per heavy atom. The molecule has 2 fully saturated rings. The van der Waals surface area contributed by atoms with Gasteiger partial charge >= 0.3 is 0 Å². The van der Waals surface area contributed by atoms with E-state index in [0.717, 1.165) is 18.5 Å². The van der Waals surface area contributed by atoms with Crippen LogP contribution in [0.15, 0.2) is 48.5 Å². The Kier molecular flexibility index (Phi) is 5.02. The molecule has 1 unspecified atom stereocenters. The Balaban J connectivity index is 1.32. The lowest BCUT2D eigenvalue weighted by atomic mass is 9.97. The zero-order valence-electron chi connectivity index (χ0n) is 16.6. The highest BCUT2D eigenvalue weighted by Crippen LogP contribution is 2.34. The average molecular weight is 408 g/mol. The van der Waals surface area contributed by atoms with E-state index in [9.17, 15) is 9.59 Å². The highest BCUT2D eigenvalue weighted by atomic mass is 16.7. The maximum atomic E-state index is 13.2. The lowest BCUT2D eigenvalue weighted by molar-refractivity contribution is -0.180. The Hall–Kier alpha value is -2.74. The molecule has 30 heavy (non-hydrogen) atoms. The van der Waals surface area contributed by atoms with Crippen molar-refractivity contribution in [2.24, 2.45) is 0 Å². The van der Waals surface area contributed by atoms with Gasteiger partial charge in [-0.15, -0.1) is 0 Å². The summed E-state index contributed by atoms with van der Waals surface area (Å²) in [6.45, 7) is 2.50. The van der Waals surface area contributed by atoms with E-state index in [1.807, 2.05) is 30.3 Å². The van der Waals surface area contributed by atoms with E-state index < -0.39 is 5.79 Å². The highest BCUT2D eigenvalue weighted by Gasteiger charge is 2.44. The number of hydrogen-bond acceptors (Lipinski definition) is 6. The van der Waals surface area contributed by atoms with Crippen LogP contribution >= 0.6 is 0 Å². The molecule has 156 valence electrons. The highest BCUT2D eigenvalue weighted by molar-refractivity contribution is 6.22. The number of carbonyl (C=O) groups excluding carboxylic acids is 2. The number of fused-ring (bicyclic) bond motifs is 1. The second-order valence-corrected chi connectivity index (χ2v) is 7.89. The maximum Gasteiger partial charge on any atom is 0.265 e. The summed E-state index contributed by atoms with van der Waals surface area (Å²) in [5.74, 6) is -0.741. The van der Waals surface area contributed by atoms with Crippen LogP contribution in [0, 0.1) is 0 Å². The van der Waals surface area contributed by atoms with Gasteiger partial charge in [-0.25, -0.2) is 0 Å². The zero-order valence-corrected chi connectivity index (χ0v) is 16.6. The standard InChI is InChI=1S/C23H24N2O5/c26-21-18-7-4-8-19(28-15-16-5-2-1-3-6-16)20(18)22(27)25(21)14-17-13-23(9-10-24-17)29-11-12-30-23/h1-8,17,24H,9-15H2. The number of rotatable bonds is 5. The van der Waals surface area contributed by atoms with Gasteiger partial charge in [0.1, 0.15) is 12.4 Å². The summed E-state index contributed by atoms with van der Waals surface area (Å²) >= 11 is 0. The Morgan fingerprint density at radius 2 is 1.83 bits per heavy atom. The topological polar surface area (TPSA) is 77.1 Å². The Bertz CT molecular complexity index is 955. The molecule has 2 aromatic carbocycles. The molecule has 3 aliphatic heterocycles. The molecule has 0 aliphatic carbocycles. The van der Waals surface area contributed by atoms with Crippen LogP contribution in [-0.4, -0.2) is 54.8 Å². The summed E-state index contributed by atoms with van der Waals surface area (Å²) < 4.78 is 17.5. The number of nitrogens with one attached hydrogen (secondary N) is 1. The fraction of sp³-hybridized carbons (Fsp3) is 0.391. The van der Waals surface area contributed by atoms with Gasteiger partial charge in [0, 0.05) is 32.0 Å². The molecule has 5 rings (SSSR count). The van der Waals surface area contributed by atoms with E-state index in [-0.39, 0.29) is 24.4 Å². The van der Waals surface area contributed by atoms with Crippen LogP contribution in [0.3, 0.4) is 0 Å². The molecule has 7 nitrogen and oxygen atoms in total. The molecule has 2 saturated heterocycles. The van der Waals surface area contributed by atoms with Gasteiger partial charge in [-0.05, 0) is 17.7 Å². The minimum atomic E-state index is -0.585. The predicted molar refractivity (Wildman–Crippen MR) is 108 cm³/mol. The first-order valence-electron chi connectivity index (χ1n) is 10.3. The van der Waals surface area contributed by atoms with Gasteiger partial charge in [0.2, 0.25) is 0 Å². The lowest BCUT2D eigenvalue weighted by Gasteiger charge is -2.38. The number of ether oxygens (including phenoxy) is 3. The zero-order chi connectivity index (χ0) is 20.6. The van der Waals surface area contributed by atoms with Gasteiger partial charge in [-0.3, -0.25) is 14.5 Å². The molecule has 2 amide bonds. The smallest absolute Gasteiger partial charge is 0.265 e. The molecule has 0 radical (unpaired) electrons. The van der Waals surface area contributed by atoms with Gasteiger partial charge in [-0.1, -0.05) is 36.4 Å². The number of imide groups is 1. The Labute approximate surface area is 174 Å². The number of hydrogen-bond donors (Lipinski definition) is 1. The van der Waals surface area contributed by atoms with Crippen LogP contribution in [0.25, 0.3) is 0 Å². The second-order valence-electron chi connectivity index (χ2n) is 7.89. The SMILES string of the molecule is O=C1c2cccc(OCc3ccccc3)c2C(=O)N1CC1CC2(CCN1)OCCO2. The number of benzene rings is 2. The van der Waals surface area contributed by atoms with Crippen LogP contribution in [0.4, 0.5) is 0 Å². The molecule has 0 aromatic heterocycles. The van der Waals surface area contributed by atoms with E-state index in [1.54, 1.807) is 18.2 Å². The van der Waals surface area contributed by atoms with Gasteiger partial charge in [-0.2, -0.15) is 0 Å². The Morgan fingerprint density at radius 1 is 1.03 bits per heavy atom. The molecule has 1 N–H and O–H groups in total. The third-order valence-corrected chi connectivity index (χ3v) is 5.91. The van der Waals surface area contributed by atoms with Crippen LogP contribution in [0.2, 0.25) is 0 Å². The summed E-state index contributed by atoms with van der Waals surface area (Å²) in [5, 5.41) is 3.39. The summed E-state index contributed by atoms with van der Waals surface area (Å²) in [6.07, 6.45) is 1.38. The molecule has 7 heteroatoms. The molecule has 3 heterocycles. The third kappa shape index (κ3) is 3.49. The van der Waals surface area contributed by atoms with Gasteiger partial charge in [0.05, 0.1) is 24.3 Å². The molecule has 3 aliphatic rings. The van der Waals surface area contributed by atoms with E-state index in [2.05, 4.69) is 5.32 Å². The molecule has 0 saturated carbocycles. The monoisotopic (exact) mass is 408 g/mol. The molecular formula is C23H24N2O5. The predicted octanol–water partition coefficient (Wildman–Crippen LogP) is 2.36. The molecule has 0 bridgehead atoms. The van der Waals surface area contributed by atoms with E-state index in [4.69, 9.17) is 14.2 Å². The van der Waals surface area contributed by atoms with Crippen molar-refractivity contribution in [2.45, 2.75) is 31.3 Å². The number of nitrogens with zero attached hydrogens (tertiary/aromatic N) is 1. The first-order valence-corrected chi connectivity index (χ1v) is 10.3. The molecule has 2 aromatic rings. The van der Waals surface area contributed by atoms with Crippen LogP contribution in [0.1, 0.15) is 39.1 Å². The van der Waals surface area contributed by atoms with Crippen molar-refractivity contribution in [1.82, 2.24) is 10.2 Å². The number of carbonyl (C=O) groups is 2. The first-order chi connectivity index (χ1) is 14.7. The maximum absolute atomic E-state index is 13.2. The summed E-state index contributed by atoms with van der Waals surface area (Å²) in [7, 11) is 0. The minimum Gasteiger partial charge on any atom is -0.488 e. The van der Waals surface area contributed by atoms with Crippen LogP contribution < -0.4 is 10.1 Å². The van der Waals surface area contributed by atoms with E-state index in [0.29, 0.717) is 43.1 Å². The summed E-state index contributed by atoms with van der Waals surface area (Å²) in [6, 6.07) is 14.8. The fourth-order valence-corrected chi connectivity index (χ4v) is 4.45. The van der Waals surface area contributed by atoms with Crippen LogP contribution in [-0.2, 0) is 16.1 Å². The largest absolute Gasteiger partial charge is 0.488 e. The van der Waals surface area contributed by atoms with E-state index in [1.165, 1.54) is 4.90 Å². The molecule has 1 spiro atoms. The minimum absolute atomic E-state index is 0.0762. The summed E-state index contributed by atoms with van der Waals surface area (Å²) in [5.41, 5.74) is 1.73. The van der Waals surface area contributed by atoms with Crippen molar-refractivity contribution in [3.8, 4) is 5.75 Å². The van der Waals surface area contributed by atoms with Crippen molar-refractivity contribution in [2.75, 3.05) is 26.3 Å². The van der Waals surface area contributed by atoms with Gasteiger partial charge in [0.25, 0.3) is 11.8 Å². The molecule has 1 atom stereocenters. The van der Waals surface area contributed by atoms with E-state index >= 15 is 0 Å². The second kappa shape index (κ2) is 7.83. The summed E-state index contributed by atoms with van der Waals surface area (Å²) in [4.78, 5) is 27.5. The van der Waals surface area contributed by atoms with Crippen molar-refractivity contribution >= 4 is 11.8 Å². The van der Waals surface area contributed by atoms with Gasteiger partial charge in [0.15, 0.2) is 5.79 Å². The van der Waals surface area contributed by atoms with Crippen molar-refractivity contribution < 1.29 is 23.8 Å². The van der Waals surface area contributed by atoms with Crippen molar-refractivity contribution in [3.05, 3.63) is 65.2 Å². The third-order valence-electron chi connectivity index (χ3n) is 5.91. The van der Waals surface area contributed by atoms with Crippen molar-refractivity contribution in [3.63, 3.8) is 0 Å². The normalized spacial score (nSPS) is 22.5. The number of piperidine rings is 1. The van der Waals surface area contributed by atoms with Gasteiger partial charge < -0.3 is 19.5 Å². The average Bonchev–Trinajstić information content (AvgIpc) is 3.31. The fourth-order valence-electron chi connectivity index (χ4n) is 4.45. The first kappa shape index (κ1) is 19.2. The quantitative estimate of drug-likeness (QED) is 0.766. The number of amides is 2. The lowest BCUT2D eigenvalue weighted by Crippen LogP contribution is -2.53.